The highest BCUT2D eigenvalue weighted by atomic mass is 15.3. The molecule has 1 aliphatic rings. The van der Waals surface area contributed by atoms with Crippen LogP contribution in [0.15, 0.2) is 12.3 Å². The number of rotatable bonds is 5. The van der Waals surface area contributed by atoms with Crippen LogP contribution in [0.2, 0.25) is 0 Å². The van der Waals surface area contributed by atoms with Gasteiger partial charge in [-0.2, -0.15) is 5.10 Å². The van der Waals surface area contributed by atoms with Gasteiger partial charge in [0, 0.05) is 38.4 Å². The Morgan fingerprint density at radius 2 is 2.12 bits per heavy atom. The average molecular weight is 235 g/mol. The van der Waals surface area contributed by atoms with Crippen LogP contribution in [0.5, 0.6) is 0 Å². The highest BCUT2D eigenvalue weighted by molar-refractivity contribution is 5.00. The Bertz CT molecular complexity index is 337. The predicted molar refractivity (Wildman–Crippen MR) is 71.0 cm³/mol. The molecule has 0 unspecified atom stereocenters. The summed E-state index contributed by atoms with van der Waals surface area (Å²) in [5.74, 6) is 0. The molecule has 0 aliphatic heterocycles. The molecule has 1 aliphatic carbocycles. The van der Waals surface area contributed by atoms with Crippen molar-refractivity contribution in [3.8, 4) is 0 Å². The van der Waals surface area contributed by atoms with Crippen molar-refractivity contribution in [2.75, 3.05) is 13.1 Å². The van der Waals surface area contributed by atoms with Crippen LogP contribution in [0, 0.1) is 5.41 Å². The molecule has 96 valence electrons. The van der Waals surface area contributed by atoms with Crippen molar-refractivity contribution in [1.29, 1.82) is 0 Å². The van der Waals surface area contributed by atoms with E-state index in [2.05, 4.69) is 23.4 Å². The highest BCUT2D eigenvalue weighted by Gasteiger charge is 2.25. The molecule has 1 N–H and O–H groups in total. The van der Waals surface area contributed by atoms with Crippen molar-refractivity contribution in [3.63, 3.8) is 0 Å². The molecule has 1 aromatic rings. The standard InChI is InChI=1S/C14H25N3/c1-14(8-4-3-5-9-14)12-15-10-6-13-7-11-16-17(13)2/h7,11,15H,3-6,8-10,12H2,1-2H3. The van der Waals surface area contributed by atoms with Gasteiger partial charge in [0.15, 0.2) is 0 Å². The van der Waals surface area contributed by atoms with Gasteiger partial charge in [-0.25, -0.2) is 0 Å². The monoisotopic (exact) mass is 235 g/mol. The zero-order valence-electron chi connectivity index (χ0n) is 11.2. The molecule has 0 atom stereocenters. The molecule has 3 heteroatoms. The Balaban J connectivity index is 1.67. The molecule has 0 spiro atoms. The topological polar surface area (TPSA) is 29.9 Å². The average Bonchev–Trinajstić information content (AvgIpc) is 2.72. The van der Waals surface area contributed by atoms with Crippen LogP contribution in [0.3, 0.4) is 0 Å². The van der Waals surface area contributed by atoms with Gasteiger partial charge in [0.05, 0.1) is 0 Å². The second kappa shape index (κ2) is 5.67. The van der Waals surface area contributed by atoms with Crippen molar-refractivity contribution in [2.24, 2.45) is 12.5 Å². The van der Waals surface area contributed by atoms with Gasteiger partial charge in [-0.05, 0) is 24.3 Å². The van der Waals surface area contributed by atoms with Crippen LogP contribution in [-0.4, -0.2) is 22.9 Å². The molecule has 1 aromatic heterocycles. The molecule has 17 heavy (non-hydrogen) atoms. The van der Waals surface area contributed by atoms with E-state index in [1.165, 1.54) is 44.3 Å². The van der Waals surface area contributed by atoms with Gasteiger partial charge in [0.1, 0.15) is 0 Å². The van der Waals surface area contributed by atoms with Gasteiger partial charge in [0.25, 0.3) is 0 Å². The molecule has 0 saturated heterocycles. The molecule has 2 rings (SSSR count). The summed E-state index contributed by atoms with van der Waals surface area (Å²) in [6, 6.07) is 2.10. The molecule has 0 amide bonds. The minimum Gasteiger partial charge on any atom is -0.316 e. The summed E-state index contributed by atoms with van der Waals surface area (Å²) in [4.78, 5) is 0. The molecule has 0 radical (unpaired) electrons. The van der Waals surface area contributed by atoms with E-state index >= 15 is 0 Å². The lowest BCUT2D eigenvalue weighted by atomic mass is 9.76. The number of nitrogens with one attached hydrogen (secondary N) is 1. The normalized spacial score (nSPS) is 19.4. The Morgan fingerprint density at radius 3 is 2.76 bits per heavy atom. The van der Waals surface area contributed by atoms with Crippen molar-refractivity contribution in [3.05, 3.63) is 18.0 Å². The minimum atomic E-state index is 0.546. The van der Waals surface area contributed by atoms with Crippen LogP contribution in [-0.2, 0) is 13.5 Å². The molecular weight excluding hydrogens is 210 g/mol. The zero-order valence-corrected chi connectivity index (χ0v) is 11.2. The number of aromatic nitrogens is 2. The maximum absolute atomic E-state index is 4.19. The van der Waals surface area contributed by atoms with Gasteiger partial charge in [0.2, 0.25) is 0 Å². The van der Waals surface area contributed by atoms with Crippen LogP contribution in [0.4, 0.5) is 0 Å². The second-order valence-corrected chi connectivity index (χ2v) is 5.74. The molecule has 0 aromatic carbocycles. The fraction of sp³-hybridized carbons (Fsp3) is 0.786. The van der Waals surface area contributed by atoms with Gasteiger partial charge in [-0.15, -0.1) is 0 Å². The lowest BCUT2D eigenvalue weighted by Gasteiger charge is -2.33. The summed E-state index contributed by atoms with van der Waals surface area (Å²) in [6.07, 6.45) is 10.0. The van der Waals surface area contributed by atoms with E-state index in [0.717, 1.165) is 13.0 Å². The Hall–Kier alpha value is -0.830. The molecule has 3 nitrogen and oxygen atoms in total. The van der Waals surface area contributed by atoms with Gasteiger partial charge < -0.3 is 5.32 Å². The molecule has 1 saturated carbocycles. The van der Waals surface area contributed by atoms with Crippen LogP contribution >= 0.6 is 0 Å². The smallest absolute Gasteiger partial charge is 0.0492 e. The summed E-state index contributed by atoms with van der Waals surface area (Å²) in [6.45, 7) is 4.67. The lowest BCUT2D eigenvalue weighted by molar-refractivity contribution is 0.208. The first kappa shape index (κ1) is 12.6. The van der Waals surface area contributed by atoms with Crippen LogP contribution < -0.4 is 5.32 Å². The molecular formula is C14H25N3. The maximum atomic E-state index is 4.19. The summed E-state index contributed by atoms with van der Waals surface area (Å²) in [5.41, 5.74) is 1.86. The molecule has 0 bridgehead atoms. The highest BCUT2D eigenvalue weighted by Crippen LogP contribution is 2.34. The Morgan fingerprint density at radius 1 is 1.35 bits per heavy atom. The maximum Gasteiger partial charge on any atom is 0.0492 e. The van der Waals surface area contributed by atoms with Crippen molar-refractivity contribution >= 4 is 0 Å². The van der Waals surface area contributed by atoms with E-state index in [9.17, 15) is 0 Å². The summed E-state index contributed by atoms with van der Waals surface area (Å²) in [7, 11) is 2.01. The largest absolute Gasteiger partial charge is 0.316 e. The predicted octanol–water partition coefficient (Wildman–Crippen LogP) is 2.52. The zero-order chi connectivity index (χ0) is 12.1. The van der Waals surface area contributed by atoms with E-state index in [1.54, 1.807) is 0 Å². The Kier molecular flexibility index (Phi) is 4.21. The van der Waals surface area contributed by atoms with E-state index in [1.807, 2.05) is 17.9 Å². The van der Waals surface area contributed by atoms with Crippen molar-refractivity contribution in [2.45, 2.75) is 45.4 Å². The van der Waals surface area contributed by atoms with Crippen LogP contribution in [0.1, 0.15) is 44.7 Å². The fourth-order valence-corrected chi connectivity index (χ4v) is 2.84. The summed E-state index contributed by atoms with van der Waals surface area (Å²) in [5, 5.41) is 7.81. The molecule has 1 heterocycles. The van der Waals surface area contributed by atoms with E-state index in [4.69, 9.17) is 0 Å². The third-order valence-corrected chi connectivity index (χ3v) is 4.09. The Labute approximate surface area is 105 Å². The van der Waals surface area contributed by atoms with Gasteiger partial charge in [-0.1, -0.05) is 26.2 Å². The van der Waals surface area contributed by atoms with Gasteiger partial charge >= 0.3 is 0 Å². The van der Waals surface area contributed by atoms with Crippen molar-refractivity contribution in [1.82, 2.24) is 15.1 Å². The van der Waals surface area contributed by atoms with E-state index in [0.29, 0.717) is 5.41 Å². The summed E-state index contributed by atoms with van der Waals surface area (Å²) >= 11 is 0. The second-order valence-electron chi connectivity index (χ2n) is 5.74. The SMILES string of the molecule is Cn1nccc1CCNCC1(C)CCCCC1. The van der Waals surface area contributed by atoms with Crippen LogP contribution in [0.25, 0.3) is 0 Å². The van der Waals surface area contributed by atoms with Crippen molar-refractivity contribution < 1.29 is 0 Å². The first-order valence-corrected chi connectivity index (χ1v) is 6.87. The molecule has 1 fully saturated rings. The lowest BCUT2D eigenvalue weighted by Crippen LogP contribution is -2.34. The van der Waals surface area contributed by atoms with E-state index in [-0.39, 0.29) is 0 Å². The number of hydrogen-bond acceptors (Lipinski definition) is 2. The quantitative estimate of drug-likeness (QED) is 0.795. The number of hydrogen-bond donors (Lipinski definition) is 1. The third-order valence-electron chi connectivity index (χ3n) is 4.09. The number of nitrogens with zero attached hydrogens (tertiary/aromatic N) is 2. The number of aryl methyl sites for hydroxylation is 1. The fourth-order valence-electron chi connectivity index (χ4n) is 2.84. The summed E-state index contributed by atoms with van der Waals surface area (Å²) < 4.78 is 1.96. The first-order valence-electron chi connectivity index (χ1n) is 6.87. The minimum absolute atomic E-state index is 0.546. The first-order chi connectivity index (χ1) is 8.20. The van der Waals surface area contributed by atoms with E-state index < -0.39 is 0 Å². The van der Waals surface area contributed by atoms with Gasteiger partial charge in [-0.3, -0.25) is 4.68 Å². The third kappa shape index (κ3) is 3.56.